The van der Waals surface area contributed by atoms with Gasteiger partial charge in [-0.05, 0) is 63.4 Å². The average molecular weight is 440 g/mol. The lowest BCUT2D eigenvalue weighted by Gasteiger charge is -1.98. The van der Waals surface area contributed by atoms with Crippen LogP contribution in [0, 0.1) is 40.5 Å². The third-order valence-corrected chi connectivity index (χ3v) is 4.56. The Bertz CT molecular complexity index is 628. The first-order valence-corrected chi connectivity index (χ1v) is 10.8. The number of rotatable bonds is 3. The summed E-state index contributed by atoms with van der Waals surface area (Å²) in [6.07, 6.45) is 14.8. The van der Waals surface area contributed by atoms with E-state index < -0.39 is 0 Å². The van der Waals surface area contributed by atoms with Crippen LogP contribution in [0.2, 0.25) is 10.2 Å². The number of benzene rings is 1. The van der Waals surface area contributed by atoms with Crippen LogP contribution in [0.1, 0.15) is 68.7 Å². The number of halogens is 2. The number of nitrogens with two attached hydrogens (primary N) is 1. The minimum Gasteiger partial charge on any atom is -0.330 e. The van der Waals surface area contributed by atoms with Crippen molar-refractivity contribution in [1.29, 1.82) is 0 Å². The summed E-state index contributed by atoms with van der Waals surface area (Å²) < 4.78 is 0. The first-order valence-electron chi connectivity index (χ1n) is 10.1. The molecule has 1 aromatic carbocycles. The van der Waals surface area contributed by atoms with Crippen molar-refractivity contribution in [1.82, 2.24) is 4.98 Å². The maximum atomic E-state index is 5.68. The number of aromatic nitrogens is 1. The van der Waals surface area contributed by atoms with Crippen molar-refractivity contribution in [3.05, 3.63) is 62.9 Å². The van der Waals surface area contributed by atoms with Gasteiger partial charge in [0, 0.05) is 6.20 Å². The van der Waals surface area contributed by atoms with Gasteiger partial charge in [-0.2, -0.15) is 0 Å². The maximum absolute atomic E-state index is 5.68. The third-order valence-electron chi connectivity index (χ3n) is 3.70. The van der Waals surface area contributed by atoms with Crippen LogP contribution in [0.25, 0.3) is 0 Å². The van der Waals surface area contributed by atoms with Crippen molar-refractivity contribution in [2.75, 3.05) is 6.54 Å². The number of unbranched alkanes of at least 4 members (excludes halogenated alkanes) is 2. The van der Waals surface area contributed by atoms with Crippen molar-refractivity contribution in [3.63, 3.8) is 0 Å². The fourth-order valence-electron chi connectivity index (χ4n) is 1.75. The predicted octanol–water partition coefficient (Wildman–Crippen LogP) is 8.11. The molecule has 2 rings (SSSR count). The monoisotopic (exact) mass is 438 g/mol. The van der Waals surface area contributed by atoms with Gasteiger partial charge in [0.05, 0.1) is 5.02 Å². The number of hydrogen-bond donors (Lipinski definition) is 1. The molecule has 4 heteroatoms. The zero-order valence-corrected chi connectivity index (χ0v) is 20.9. The molecule has 29 heavy (non-hydrogen) atoms. The van der Waals surface area contributed by atoms with Gasteiger partial charge in [-0.3, -0.25) is 0 Å². The minimum absolute atomic E-state index is 0.372. The van der Waals surface area contributed by atoms with Gasteiger partial charge in [-0.25, -0.2) is 4.98 Å². The Hall–Kier alpha value is -1.53. The maximum Gasteiger partial charge on any atom is 0.147 e. The van der Waals surface area contributed by atoms with E-state index in [0.29, 0.717) is 10.2 Å². The van der Waals surface area contributed by atoms with Gasteiger partial charge in [-0.15, -0.1) is 12.8 Å². The molecule has 0 fully saturated rings. The normalized spacial score (nSPS) is 8.55. The molecule has 2 N–H and O–H groups in total. The van der Waals surface area contributed by atoms with Gasteiger partial charge in [0.25, 0.3) is 0 Å². The Morgan fingerprint density at radius 1 is 0.828 bits per heavy atom. The van der Waals surface area contributed by atoms with E-state index in [4.69, 9.17) is 28.9 Å². The van der Waals surface area contributed by atoms with Crippen LogP contribution in [0.3, 0.4) is 0 Å². The third kappa shape index (κ3) is 19.6. The Morgan fingerprint density at radius 2 is 1.34 bits per heavy atom. The van der Waals surface area contributed by atoms with E-state index in [9.17, 15) is 0 Å². The van der Waals surface area contributed by atoms with Gasteiger partial charge >= 0.3 is 0 Å². The first-order chi connectivity index (χ1) is 13.7. The van der Waals surface area contributed by atoms with E-state index >= 15 is 0 Å². The average Bonchev–Trinajstić information content (AvgIpc) is 2.72. The highest BCUT2D eigenvalue weighted by atomic mass is 35.5. The lowest BCUT2D eigenvalue weighted by atomic mass is 10.1. The summed E-state index contributed by atoms with van der Waals surface area (Å²) in [5.74, 6) is 0. The van der Waals surface area contributed by atoms with Crippen LogP contribution in [0.5, 0.6) is 0 Å². The number of hydrogen-bond acceptors (Lipinski definition) is 2. The van der Waals surface area contributed by atoms with Gasteiger partial charge < -0.3 is 5.73 Å². The summed E-state index contributed by atoms with van der Waals surface area (Å²) in [5.41, 5.74) is 10.1. The molecule has 0 saturated carbocycles. The van der Waals surface area contributed by atoms with Crippen molar-refractivity contribution in [2.24, 2.45) is 5.73 Å². The quantitative estimate of drug-likeness (QED) is 0.387. The van der Waals surface area contributed by atoms with E-state index in [0.717, 1.165) is 18.5 Å². The summed E-state index contributed by atoms with van der Waals surface area (Å²) >= 11 is 11.3. The van der Waals surface area contributed by atoms with Crippen molar-refractivity contribution in [3.8, 4) is 12.8 Å². The van der Waals surface area contributed by atoms with Gasteiger partial charge in [0.15, 0.2) is 0 Å². The zero-order chi connectivity index (χ0) is 23.2. The van der Waals surface area contributed by atoms with Crippen LogP contribution in [-0.2, 0) is 0 Å². The molecule has 164 valence electrons. The van der Waals surface area contributed by atoms with Gasteiger partial charge in [-0.1, -0.05) is 87.0 Å². The molecule has 0 saturated heterocycles. The van der Waals surface area contributed by atoms with Gasteiger partial charge in [0.2, 0.25) is 0 Å². The fourth-order valence-corrected chi connectivity index (χ4v) is 2.07. The van der Waals surface area contributed by atoms with Crippen LogP contribution in [-0.4, -0.2) is 11.5 Å². The molecule has 0 aliphatic heterocycles. The van der Waals surface area contributed by atoms with Crippen molar-refractivity contribution in [2.45, 2.75) is 74.1 Å². The summed E-state index contributed by atoms with van der Waals surface area (Å²) in [6, 6.07) is 8.32. The van der Waals surface area contributed by atoms with E-state index in [2.05, 4.69) is 77.6 Å². The largest absolute Gasteiger partial charge is 0.330 e. The summed E-state index contributed by atoms with van der Waals surface area (Å²) in [6.45, 7) is 15.6. The van der Waals surface area contributed by atoms with Crippen LogP contribution >= 0.6 is 23.2 Å². The predicted molar refractivity (Wildman–Crippen MR) is 134 cm³/mol. The molecule has 0 aliphatic carbocycles. The SMILES string of the molecule is C#C.CCCCC.CCCN.Cc1ccc(C)c(C)c1.Cc1ccnc(Cl)c1Cl. The summed E-state index contributed by atoms with van der Waals surface area (Å²) in [4.78, 5) is 3.77. The van der Waals surface area contributed by atoms with Crippen molar-refractivity contribution >= 4 is 23.2 Å². The topological polar surface area (TPSA) is 38.9 Å². The first kappa shape index (κ1) is 32.1. The molecule has 0 radical (unpaired) electrons. The van der Waals surface area contributed by atoms with E-state index in [1.54, 1.807) is 6.20 Å². The second-order valence-corrected chi connectivity index (χ2v) is 7.20. The molecule has 0 aliphatic rings. The van der Waals surface area contributed by atoms with Crippen molar-refractivity contribution < 1.29 is 0 Å². The molecule has 0 bridgehead atoms. The molecule has 2 nitrogen and oxygen atoms in total. The lowest BCUT2D eigenvalue weighted by molar-refractivity contribution is 0.772. The van der Waals surface area contributed by atoms with E-state index in [1.807, 2.05) is 13.0 Å². The second kappa shape index (κ2) is 22.8. The lowest BCUT2D eigenvalue weighted by Crippen LogP contribution is -1.93. The molecular formula is C25H40Cl2N2. The van der Waals surface area contributed by atoms with Crippen LogP contribution in [0.4, 0.5) is 0 Å². The standard InChI is InChI=1S/C9H12.C6H5Cl2N.C5H12.C3H9N.C2H2/c1-7-4-5-8(2)9(3)6-7;1-4-2-3-9-6(8)5(4)7;1-3-5-4-2;1-2-3-4;1-2/h4-6H,1-3H3;2-3H,1H3;3-5H2,1-2H3;2-4H2,1H3;1-2H. The minimum atomic E-state index is 0.372. The number of terminal acetylenes is 1. The fraction of sp³-hybridized carbons (Fsp3) is 0.480. The number of aryl methyl sites for hydroxylation is 4. The highest BCUT2D eigenvalue weighted by Gasteiger charge is 1.98. The molecule has 0 amide bonds. The summed E-state index contributed by atoms with van der Waals surface area (Å²) in [5, 5.41) is 0.913. The van der Waals surface area contributed by atoms with E-state index in [-0.39, 0.29) is 0 Å². The zero-order valence-electron chi connectivity index (χ0n) is 19.4. The molecule has 0 spiro atoms. The van der Waals surface area contributed by atoms with Crippen LogP contribution in [0.15, 0.2) is 30.5 Å². The van der Waals surface area contributed by atoms with Crippen LogP contribution < -0.4 is 5.73 Å². The smallest absolute Gasteiger partial charge is 0.147 e. The molecule has 2 aromatic rings. The Balaban J connectivity index is -0.000000318. The number of pyridine rings is 1. The Morgan fingerprint density at radius 3 is 1.62 bits per heavy atom. The molecule has 0 atom stereocenters. The number of nitrogens with zero attached hydrogens (tertiary/aromatic N) is 1. The van der Waals surface area contributed by atoms with Gasteiger partial charge in [0.1, 0.15) is 5.15 Å². The van der Waals surface area contributed by atoms with E-state index in [1.165, 1.54) is 36.0 Å². The molecule has 1 aromatic heterocycles. The second-order valence-electron chi connectivity index (χ2n) is 6.46. The molecular weight excluding hydrogens is 399 g/mol. The molecule has 1 heterocycles. The Labute approximate surface area is 190 Å². The Kier molecular flexibility index (Phi) is 25.2. The summed E-state index contributed by atoms with van der Waals surface area (Å²) in [7, 11) is 0. The molecule has 0 unspecified atom stereocenters. The highest BCUT2D eigenvalue weighted by molar-refractivity contribution is 6.41. The highest BCUT2D eigenvalue weighted by Crippen LogP contribution is 2.21.